The number of rotatable bonds is 0. The van der Waals surface area contributed by atoms with Crippen molar-refractivity contribution in [1.82, 2.24) is 0 Å². The predicted molar refractivity (Wildman–Crippen MR) is 56.7 cm³/mol. The van der Waals surface area contributed by atoms with Gasteiger partial charge in [0.25, 0.3) is 0 Å². The first-order valence-electron chi connectivity index (χ1n) is 3.50. The maximum Gasteiger partial charge on any atom is 0 e. The van der Waals surface area contributed by atoms with Gasteiger partial charge in [0, 0.05) is 17.1 Å². The molecule has 0 saturated carbocycles. The van der Waals surface area contributed by atoms with Crippen LogP contribution in [0.4, 0.5) is 0 Å². The first kappa shape index (κ1) is 18.4. The molecule has 0 heterocycles. The fourth-order valence-electron chi connectivity index (χ4n) is 0. The third-order valence-electron chi connectivity index (χ3n) is 0. The molecule has 0 aliphatic carbocycles. The first-order valence-corrected chi connectivity index (χ1v) is 5.60. The minimum atomic E-state index is 0. The van der Waals surface area contributed by atoms with Crippen molar-refractivity contribution in [2.75, 3.05) is 0 Å². The number of hydrogen-bond acceptors (Lipinski definition) is 0. The molecule has 0 bridgehead atoms. The molecular weight excluding hydrogens is 320 g/mol. The van der Waals surface area contributed by atoms with Crippen molar-refractivity contribution in [3.63, 3.8) is 0 Å². The van der Waals surface area contributed by atoms with Gasteiger partial charge in [-0.25, -0.2) is 0 Å². The van der Waals surface area contributed by atoms with E-state index < -0.39 is 0 Å². The summed E-state index contributed by atoms with van der Waals surface area (Å²) in [7, 11) is 0. The Labute approximate surface area is 99.6 Å². The average molecular weight is 338 g/mol. The van der Waals surface area contributed by atoms with E-state index in [1.807, 2.05) is 0 Å². The van der Waals surface area contributed by atoms with Crippen molar-refractivity contribution in [2.24, 2.45) is 0 Å². The van der Waals surface area contributed by atoms with Gasteiger partial charge in [-0.15, -0.1) is 0 Å². The van der Waals surface area contributed by atoms with E-state index in [0.717, 1.165) is 0 Å². The molecule has 0 amide bonds. The molecule has 0 aromatic rings. The Morgan fingerprint density at radius 3 is 0.636 bits per heavy atom. The van der Waals surface area contributed by atoms with Crippen LogP contribution in [0, 0.1) is 0 Å². The van der Waals surface area contributed by atoms with Crippen LogP contribution in [0.2, 0.25) is 8.49 Å². The molecule has 0 aliphatic rings. The van der Waals surface area contributed by atoms with Gasteiger partial charge >= 0.3 is 83.1 Å². The van der Waals surface area contributed by atoms with Crippen molar-refractivity contribution < 1.29 is 0 Å². The average Bonchev–Trinajstić information content (AvgIpc) is 1.12. The minimum Gasteiger partial charge on any atom is 0 e. The van der Waals surface area contributed by atoms with Gasteiger partial charge in [-0.1, -0.05) is 0 Å². The molecule has 0 aromatic carbocycles. The molecule has 8 radical (unpaired) electrons. The third kappa shape index (κ3) is 416. The monoisotopic (exact) mass is 342 g/mol. The van der Waals surface area contributed by atoms with Crippen LogP contribution in [0.1, 0.15) is 41.5 Å². The normalized spacial score (nSPS) is 10.9. The van der Waals surface area contributed by atoms with E-state index in [1.165, 1.54) is 0 Å². The van der Waals surface area contributed by atoms with E-state index in [4.69, 9.17) is 0 Å². The summed E-state index contributed by atoms with van der Waals surface area (Å²) >= 11 is 4.38. The van der Waals surface area contributed by atoms with Crippen LogP contribution in [-0.4, -0.2) is 50.1 Å². The van der Waals surface area contributed by atoms with Crippen LogP contribution in [0.25, 0.3) is 0 Å². The summed E-state index contributed by atoms with van der Waals surface area (Å²) in [6.07, 6.45) is 0. The van der Waals surface area contributed by atoms with Gasteiger partial charge in [0.1, 0.15) is 0 Å². The summed E-state index contributed by atoms with van der Waals surface area (Å²) in [5.41, 5.74) is 0. The first-order chi connectivity index (χ1) is 4.00. The zero-order valence-electron chi connectivity index (χ0n) is 8.41. The van der Waals surface area contributed by atoms with Crippen LogP contribution in [0.3, 0.4) is 0 Å². The minimum absolute atomic E-state index is 0. The molecule has 11 heavy (non-hydrogen) atoms. The van der Waals surface area contributed by atoms with Crippen LogP contribution in [0.15, 0.2) is 0 Å². The third-order valence-corrected chi connectivity index (χ3v) is 0. The zero-order chi connectivity index (χ0) is 9.00. The van der Waals surface area contributed by atoms with Crippen molar-refractivity contribution in [3.8, 4) is 0 Å². The van der Waals surface area contributed by atoms with E-state index in [2.05, 4.69) is 74.6 Å². The van der Waals surface area contributed by atoms with Gasteiger partial charge < -0.3 is 0 Å². The SMILES string of the molecule is C[C](C)(C)[Ge].C[C](C)(C)[Ge].[Se]. The van der Waals surface area contributed by atoms with Gasteiger partial charge in [0.2, 0.25) is 0 Å². The molecule has 0 unspecified atom stereocenters. The molecule has 64 valence electrons. The molecule has 0 N–H and O–H groups in total. The molecule has 0 aliphatic heterocycles. The summed E-state index contributed by atoms with van der Waals surface area (Å²) in [5.74, 6) is 0. The second kappa shape index (κ2) is 7.05. The predicted octanol–water partition coefficient (Wildman–Crippen LogP) is 2.37. The van der Waals surface area contributed by atoms with Crippen molar-refractivity contribution in [3.05, 3.63) is 0 Å². The quantitative estimate of drug-likeness (QED) is 0.595. The molecule has 0 rings (SSSR count). The van der Waals surface area contributed by atoms with E-state index in [1.54, 1.807) is 0 Å². The Bertz CT molecular complexity index is 55.1. The van der Waals surface area contributed by atoms with Gasteiger partial charge in [-0.05, 0) is 0 Å². The molecule has 0 atom stereocenters. The smallest absolute Gasteiger partial charge is 0 e. The standard InChI is InChI=1S/2C4H9Ge.Se/c2*1-4(2,3)5;/h2*1-3H3;. The van der Waals surface area contributed by atoms with E-state index in [0.29, 0.717) is 8.49 Å². The maximum atomic E-state index is 2.19. The molecular formula is C8H18Ge2Se. The van der Waals surface area contributed by atoms with E-state index in [9.17, 15) is 0 Å². The topological polar surface area (TPSA) is 0 Å². The maximum absolute atomic E-state index is 2.19. The Kier molecular flexibility index (Phi) is 11.8. The molecule has 0 nitrogen and oxygen atoms in total. The molecule has 0 aromatic heterocycles. The molecule has 0 fully saturated rings. The van der Waals surface area contributed by atoms with Gasteiger partial charge in [0.15, 0.2) is 0 Å². The molecule has 0 spiro atoms. The van der Waals surface area contributed by atoms with Crippen LogP contribution >= 0.6 is 0 Å². The fraction of sp³-hybridized carbons (Fsp3) is 1.00. The van der Waals surface area contributed by atoms with Gasteiger partial charge in [-0.3, -0.25) is 0 Å². The Hall–Kier alpha value is 1.61. The largest absolute Gasteiger partial charge is 0 e. The van der Waals surface area contributed by atoms with Crippen molar-refractivity contribution >= 4 is 50.1 Å². The van der Waals surface area contributed by atoms with E-state index in [-0.39, 0.29) is 17.1 Å². The Balaban J connectivity index is -0.000000107. The van der Waals surface area contributed by atoms with Gasteiger partial charge in [-0.2, -0.15) is 0 Å². The van der Waals surface area contributed by atoms with Crippen LogP contribution in [-0.2, 0) is 0 Å². The summed E-state index contributed by atoms with van der Waals surface area (Å²) < 4.78 is 1.00. The van der Waals surface area contributed by atoms with E-state index >= 15 is 0 Å². The summed E-state index contributed by atoms with van der Waals surface area (Å²) in [6, 6.07) is 0. The molecule has 0 saturated heterocycles. The number of hydrogen-bond donors (Lipinski definition) is 0. The molecule has 3 heteroatoms. The Morgan fingerprint density at radius 1 is 0.636 bits per heavy atom. The fourth-order valence-corrected chi connectivity index (χ4v) is 0. The van der Waals surface area contributed by atoms with Crippen LogP contribution in [0.5, 0.6) is 0 Å². The summed E-state index contributed by atoms with van der Waals surface area (Å²) in [4.78, 5) is 0. The zero-order valence-corrected chi connectivity index (χ0v) is 14.3. The second-order valence-electron chi connectivity index (χ2n) is 4.50. The van der Waals surface area contributed by atoms with Crippen molar-refractivity contribution in [2.45, 2.75) is 50.0 Å². The van der Waals surface area contributed by atoms with Crippen molar-refractivity contribution in [1.29, 1.82) is 0 Å². The van der Waals surface area contributed by atoms with Gasteiger partial charge in [0.05, 0.1) is 0 Å². The Morgan fingerprint density at radius 2 is 0.636 bits per heavy atom. The summed E-state index contributed by atoms with van der Waals surface area (Å²) in [5, 5.41) is 0. The second-order valence-corrected chi connectivity index (χ2v) is 10.8. The summed E-state index contributed by atoms with van der Waals surface area (Å²) in [6.45, 7) is 13.1. The van der Waals surface area contributed by atoms with Crippen LogP contribution < -0.4 is 0 Å².